The molecule has 0 radical (unpaired) electrons. The smallest absolute Gasteiger partial charge is 0.391 e. The van der Waals surface area contributed by atoms with Gasteiger partial charge in [0.15, 0.2) is 0 Å². The molecule has 2 N–H and O–H groups in total. The summed E-state index contributed by atoms with van der Waals surface area (Å²) >= 11 is 0. The molecule has 0 aromatic rings. The van der Waals surface area contributed by atoms with Gasteiger partial charge in [0.2, 0.25) is 5.41 Å². The van der Waals surface area contributed by atoms with Crippen LogP contribution in [0.4, 0.5) is 0 Å². The molecule has 5 nitrogen and oxygen atoms in total. The van der Waals surface area contributed by atoms with E-state index in [4.69, 9.17) is 24.1 Å². The van der Waals surface area contributed by atoms with Gasteiger partial charge in [0.1, 0.15) is 0 Å². The van der Waals surface area contributed by atoms with Gasteiger partial charge in [0.25, 0.3) is 0 Å². The lowest BCUT2D eigenvalue weighted by atomic mass is 9.91. The monoisotopic (exact) mass is 333 g/mol. The van der Waals surface area contributed by atoms with Crippen molar-refractivity contribution in [1.82, 2.24) is 0 Å². The lowest BCUT2D eigenvalue weighted by Gasteiger charge is -2.53. The summed E-state index contributed by atoms with van der Waals surface area (Å²) in [6, 6.07) is 0.938. The molecule has 0 aromatic carbocycles. The minimum Gasteiger partial charge on any atom is -0.391 e. The van der Waals surface area contributed by atoms with Crippen LogP contribution in [0, 0.1) is 5.92 Å². The normalized spacial score (nSPS) is 25.1. The van der Waals surface area contributed by atoms with E-state index >= 15 is 0 Å². The van der Waals surface area contributed by atoms with Gasteiger partial charge in [-0.1, -0.05) is 13.3 Å². The van der Waals surface area contributed by atoms with E-state index in [9.17, 15) is 0 Å². The molecular weight excluding hydrogens is 298 g/mol. The Bertz CT molecular complexity index is 299. The Hall–Kier alpha value is 0.0169. The fourth-order valence-corrected chi connectivity index (χ4v) is 8.12. The zero-order chi connectivity index (χ0) is 16.6. The fourth-order valence-electron chi connectivity index (χ4n) is 3.74. The molecule has 22 heavy (non-hydrogen) atoms. The molecule has 1 saturated heterocycles. The van der Waals surface area contributed by atoms with Crippen molar-refractivity contribution in [2.75, 3.05) is 26.4 Å². The second-order valence-corrected chi connectivity index (χ2v) is 9.00. The number of ether oxygens (including phenoxy) is 2. The van der Waals surface area contributed by atoms with Gasteiger partial charge in [-0.05, 0) is 46.6 Å². The number of hydrogen-bond donors (Lipinski definition) is 1. The minimum absolute atomic E-state index is 0.0335. The van der Waals surface area contributed by atoms with Crippen LogP contribution in [0.25, 0.3) is 0 Å². The van der Waals surface area contributed by atoms with Gasteiger partial charge >= 0.3 is 8.56 Å². The van der Waals surface area contributed by atoms with Gasteiger partial charge in [-0.3, -0.25) is 0 Å². The molecule has 1 aliphatic rings. The van der Waals surface area contributed by atoms with E-state index < -0.39 is 14.0 Å². The van der Waals surface area contributed by atoms with Crippen molar-refractivity contribution >= 4 is 8.56 Å². The van der Waals surface area contributed by atoms with Crippen molar-refractivity contribution in [1.29, 1.82) is 0 Å². The van der Waals surface area contributed by atoms with Gasteiger partial charge in [-0.15, -0.1) is 0 Å². The Morgan fingerprint density at radius 3 is 1.95 bits per heavy atom. The molecule has 2 atom stereocenters. The Morgan fingerprint density at radius 1 is 1.00 bits per heavy atom. The molecule has 6 heteroatoms. The first-order valence-corrected chi connectivity index (χ1v) is 10.9. The van der Waals surface area contributed by atoms with E-state index in [-0.39, 0.29) is 12.0 Å². The quantitative estimate of drug-likeness (QED) is 0.492. The molecule has 1 fully saturated rings. The first kappa shape index (κ1) is 20.1. The van der Waals surface area contributed by atoms with Crippen molar-refractivity contribution in [3.05, 3.63) is 0 Å². The van der Waals surface area contributed by atoms with Crippen LogP contribution in [-0.4, -0.2) is 46.4 Å². The maximum atomic E-state index is 6.45. The number of rotatable bonds is 10. The highest BCUT2D eigenvalue weighted by atomic mass is 28.4. The van der Waals surface area contributed by atoms with Crippen LogP contribution in [0.2, 0.25) is 6.04 Å². The molecule has 0 bridgehead atoms. The third kappa shape index (κ3) is 3.74. The Balaban J connectivity index is 3.34. The van der Waals surface area contributed by atoms with Crippen LogP contribution >= 0.6 is 0 Å². The largest absolute Gasteiger partial charge is 0.400 e. The summed E-state index contributed by atoms with van der Waals surface area (Å²) in [4.78, 5) is 0. The predicted molar refractivity (Wildman–Crippen MR) is 90.8 cm³/mol. The molecule has 2 unspecified atom stereocenters. The SMILES string of the molecule is CCOC1(OCC)C(C(N)CC)CCC[Si]1(OCC)OCC. The van der Waals surface area contributed by atoms with E-state index in [1.807, 2.05) is 27.7 Å². The first-order valence-electron chi connectivity index (χ1n) is 8.88. The van der Waals surface area contributed by atoms with E-state index in [0.717, 1.165) is 25.3 Å². The summed E-state index contributed by atoms with van der Waals surface area (Å²) in [5.41, 5.74) is 5.65. The highest BCUT2D eigenvalue weighted by molar-refractivity contribution is 6.70. The maximum absolute atomic E-state index is 6.45. The molecule has 132 valence electrons. The van der Waals surface area contributed by atoms with E-state index in [0.29, 0.717) is 26.4 Å². The van der Waals surface area contributed by atoms with Crippen LogP contribution in [0.3, 0.4) is 0 Å². The van der Waals surface area contributed by atoms with Crippen LogP contribution in [0.5, 0.6) is 0 Å². The molecule has 0 aliphatic carbocycles. The average Bonchev–Trinajstić information content (AvgIpc) is 2.50. The number of nitrogens with two attached hydrogens (primary N) is 1. The highest BCUT2D eigenvalue weighted by Crippen LogP contribution is 2.47. The summed E-state index contributed by atoms with van der Waals surface area (Å²) in [6.07, 6.45) is 2.96. The predicted octanol–water partition coefficient (Wildman–Crippen LogP) is 2.96. The van der Waals surface area contributed by atoms with Gasteiger partial charge in [-0.2, -0.15) is 0 Å². The zero-order valence-electron chi connectivity index (χ0n) is 15.0. The molecule has 1 heterocycles. The fraction of sp³-hybridized carbons (Fsp3) is 1.00. The van der Waals surface area contributed by atoms with Crippen molar-refractivity contribution in [2.45, 2.75) is 71.4 Å². The highest BCUT2D eigenvalue weighted by Gasteiger charge is 2.66. The van der Waals surface area contributed by atoms with Gasteiger partial charge in [0, 0.05) is 38.4 Å². The molecular formula is C16H35NO4Si. The number of hydrogen-bond acceptors (Lipinski definition) is 5. The molecule has 0 aromatic heterocycles. The third-order valence-corrected chi connectivity index (χ3v) is 8.74. The van der Waals surface area contributed by atoms with E-state index in [1.54, 1.807) is 0 Å². The summed E-state index contributed by atoms with van der Waals surface area (Å²) in [5, 5.41) is 0. The molecule has 0 spiro atoms. The van der Waals surface area contributed by atoms with E-state index in [1.165, 1.54) is 0 Å². The summed E-state index contributed by atoms with van der Waals surface area (Å²) in [5.74, 6) is 0.121. The summed E-state index contributed by atoms with van der Waals surface area (Å²) in [7, 11) is -2.67. The average molecular weight is 334 g/mol. The van der Waals surface area contributed by atoms with E-state index in [2.05, 4.69) is 6.92 Å². The maximum Gasteiger partial charge on any atom is 0.400 e. The molecule has 1 rings (SSSR count). The van der Waals surface area contributed by atoms with Crippen LogP contribution in [0.15, 0.2) is 0 Å². The lowest BCUT2D eigenvalue weighted by molar-refractivity contribution is -0.243. The Labute approximate surface area is 137 Å². The molecule has 0 saturated carbocycles. The van der Waals surface area contributed by atoms with Crippen molar-refractivity contribution < 1.29 is 18.3 Å². The Kier molecular flexibility index (Phi) is 8.52. The Morgan fingerprint density at radius 2 is 1.55 bits per heavy atom. The lowest BCUT2D eigenvalue weighted by Crippen LogP contribution is -2.73. The standard InChI is InChI=1S/C16H35NO4Si/c1-6-15(17)14-12-11-13-22(20-9-4,21-10-5)16(14,18-7-2)19-8-3/h14-15H,6-13,17H2,1-5H3. The van der Waals surface area contributed by atoms with Gasteiger partial charge in [0.05, 0.1) is 0 Å². The summed E-state index contributed by atoms with van der Waals surface area (Å²) in [6.45, 7) is 12.5. The molecule has 1 aliphatic heterocycles. The zero-order valence-corrected chi connectivity index (χ0v) is 16.0. The van der Waals surface area contributed by atoms with Crippen LogP contribution < -0.4 is 5.73 Å². The second-order valence-electron chi connectivity index (χ2n) is 5.72. The minimum atomic E-state index is -2.67. The topological polar surface area (TPSA) is 62.9 Å². The van der Waals surface area contributed by atoms with Gasteiger partial charge < -0.3 is 24.1 Å². The van der Waals surface area contributed by atoms with Crippen molar-refractivity contribution in [3.8, 4) is 0 Å². The van der Waals surface area contributed by atoms with Gasteiger partial charge in [-0.25, -0.2) is 0 Å². The first-order chi connectivity index (χ1) is 10.6. The van der Waals surface area contributed by atoms with Crippen molar-refractivity contribution in [2.24, 2.45) is 11.7 Å². The molecule has 0 amide bonds. The third-order valence-electron chi connectivity index (χ3n) is 4.50. The van der Waals surface area contributed by atoms with Crippen molar-refractivity contribution in [3.63, 3.8) is 0 Å². The second kappa shape index (κ2) is 9.35. The summed E-state index contributed by atoms with van der Waals surface area (Å²) < 4.78 is 25.1. The van der Waals surface area contributed by atoms with Crippen LogP contribution in [0.1, 0.15) is 53.9 Å². The van der Waals surface area contributed by atoms with Crippen LogP contribution in [-0.2, 0) is 18.3 Å².